The molecule has 3 saturated heterocycles. The van der Waals surface area contributed by atoms with Crippen LogP contribution in [0.3, 0.4) is 0 Å². The normalized spacial score (nSPS) is 27.8. The molecule has 0 aliphatic carbocycles. The number of rotatable bonds is 6. The molecule has 4 atom stereocenters. The van der Waals surface area contributed by atoms with Gasteiger partial charge in [-0.1, -0.05) is 13.8 Å². The average molecular weight is 427 g/mol. The molecule has 1 N–H and O–H groups in total. The third kappa shape index (κ3) is 4.60. The number of aromatic nitrogens is 1. The smallest absolute Gasteiger partial charge is 0.223 e. The van der Waals surface area contributed by atoms with E-state index in [1.165, 1.54) is 0 Å². The predicted octanol–water partition coefficient (Wildman–Crippen LogP) is 2.65. The molecule has 7 heteroatoms. The number of ketones is 1. The maximum Gasteiger partial charge on any atom is 0.223 e. The molecule has 1 aromatic rings. The van der Waals surface area contributed by atoms with Crippen LogP contribution in [-0.4, -0.2) is 59.2 Å². The monoisotopic (exact) mass is 426 g/mol. The Balaban J connectivity index is 1.56. The lowest BCUT2D eigenvalue weighted by molar-refractivity contribution is -0.149. The third-order valence-electron chi connectivity index (χ3n) is 7.07. The van der Waals surface area contributed by atoms with Crippen LogP contribution in [0.25, 0.3) is 0 Å². The Kier molecular flexibility index (Phi) is 6.30. The molecule has 3 aliphatic rings. The molecule has 31 heavy (non-hydrogen) atoms. The fraction of sp³-hybridized carbons (Fsp3) is 0.667. The summed E-state index contributed by atoms with van der Waals surface area (Å²) in [5, 5.41) is 3.11. The molecule has 2 amide bonds. The van der Waals surface area contributed by atoms with Crippen LogP contribution in [-0.2, 0) is 9.59 Å². The molecule has 3 fully saturated rings. The number of carbonyl (C=O) groups is 3. The van der Waals surface area contributed by atoms with Gasteiger partial charge < -0.3 is 15.1 Å². The van der Waals surface area contributed by atoms with E-state index in [2.05, 4.69) is 20.1 Å². The highest BCUT2D eigenvalue weighted by molar-refractivity contribution is 5.94. The summed E-state index contributed by atoms with van der Waals surface area (Å²) in [7, 11) is 0. The molecular formula is C24H34N4O3. The summed E-state index contributed by atoms with van der Waals surface area (Å²) in [6.07, 6.45) is 5.85. The van der Waals surface area contributed by atoms with Crippen LogP contribution in [0, 0.1) is 17.8 Å². The number of nitrogens with one attached hydrogen (secondary N) is 1. The minimum Gasteiger partial charge on any atom is -0.356 e. The maximum atomic E-state index is 12.9. The lowest BCUT2D eigenvalue weighted by Crippen LogP contribution is -2.67. The zero-order chi connectivity index (χ0) is 22.1. The summed E-state index contributed by atoms with van der Waals surface area (Å²) < 4.78 is 0. The third-order valence-corrected chi connectivity index (χ3v) is 7.07. The van der Waals surface area contributed by atoms with Crippen molar-refractivity contribution in [1.82, 2.24) is 15.2 Å². The molecule has 2 bridgehead atoms. The molecule has 4 rings (SSSR count). The van der Waals surface area contributed by atoms with Gasteiger partial charge in [0.15, 0.2) is 5.78 Å². The Bertz CT molecular complexity index is 855. The zero-order valence-electron chi connectivity index (χ0n) is 18.8. The number of anilines is 1. The van der Waals surface area contributed by atoms with Crippen LogP contribution in [0.2, 0.25) is 0 Å². The van der Waals surface area contributed by atoms with Crippen LogP contribution in [0.1, 0.15) is 63.2 Å². The second kappa shape index (κ2) is 8.97. The number of piperidine rings is 3. The van der Waals surface area contributed by atoms with Crippen molar-refractivity contribution in [3.8, 4) is 0 Å². The SMILES string of the molecule is CC(=O)c1ccnc(N2C[C@H]3C[C@@H](C2)[C@H](CNC(=O)CC(C)C)N2C(=O)CCC[C@@H]32)c1. The highest BCUT2D eigenvalue weighted by Crippen LogP contribution is 2.42. The van der Waals surface area contributed by atoms with Crippen molar-refractivity contribution in [2.75, 3.05) is 24.5 Å². The largest absolute Gasteiger partial charge is 0.356 e. The summed E-state index contributed by atoms with van der Waals surface area (Å²) in [5.41, 5.74) is 0.674. The first kappa shape index (κ1) is 21.8. The Morgan fingerprint density at radius 3 is 2.77 bits per heavy atom. The molecule has 3 aliphatic heterocycles. The average Bonchev–Trinajstić information content (AvgIpc) is 2.73. The van der Waals surface area contributed by atoms with E-state index in [9.17, 15) is 14.4 Å². The van der Waals surface area contributed by atoms with Crippen molar-refractivity contribution in [3.05, 3.63) is 23.9 Å². The first-order chi connectivity index (χ1) is 14.8. The van der Waals surface area contributed by atoms with Gasteiger partial charge in [-0.25, -0.2) is 4.98 Å². The first-order valence-electron chi connectivity index (χ1n) is 11.6. The molecule has 0 unspecified atom stereocenters. The molecule has 0 aromatic carbocycles. The summed E-state index contributed by atoms with van der Waals surface area (Å²) in [6.45, 7) is 7.80. The van der Waals surface area contributed by atoms with E-state index < -0.39 is 0 Å². The number of nitrogens with zero attached hydrogens (tertiary/aromatic N) is 3. The van der Waals surface area contributed by atoms with Crippen molar-refractivity contribution in [2.24, 2.45) is 17.8 Å². The summed E-state index contributed by atoms with van der Waals surface area (Å²) in [6, 6.07) is 3.88. The predicted molar refractivity (Wildman–Crippen MR) is 119 cm³/mol. The van der Waals surface area contributed by atoms with Crippen molar-refractivity contribution in [1.29, 1.82) is 0 Å². The molecular weight excluding hydrogens is 392 g/mol. The van der Waals surface area contributed by atoms with Gasteiger partial charge in [0.05, 0.1) is 6.04 Å². The quantitative estimate of drug-likeness (QED) is 0.707. The second-order valence-corrected chi connectivity index (χ2v) is 9.85. The number of hydrogen-bond acceptors (Lipinski definition) is 5. The number of amides is 2. The number of Topliss-reactive ketones (excluding diaryl/α,β-unsaturated/α-hetero) is 1. The van der Waals surface area contributed by atoms with Gasteiger partial charge in [0.25, 0.3) is 0 Å². The van der Waals surface area contributed by atoms with Crippen LogP contribution in [0.4, 0.5) is 5.82 Å². The van der Waals surface area contributed by atoms with Crippen molar-refractivity contribution in [3.63, 3.8) is 0 Å². The zero-order valence-corrected chi connectivity index (χ0v) is 18.8. The standard InChI is InChI=1S/C24H34N4O3/c1-15(2)9-23(30)26-12-21-19-10-18(20-5-4-6-24(31)28(20)21)13-27(14-19)22-11-17(16(3)29)7-8-25-22/h7-8,11,15,18-21H,4-6,9-10,12-14H2,1-3H3,(H,26,30)/t18-,19+,20+,21+/m1/s1. The van der Waals surface area contributed by atoms with E-state index in [0.29, 0.717) is 36.8 Å². The maximum absolute atomic E-state index is 12.9. The highest BCUT2D eigenvalue weighted by Gasteiger charge is 2.49. The van der Waals surface area contributed by atoms with E-state index in [4.69, 9.17) is 0 Å². The van der Waals surface area contributed by atoms with Gasteiger partial charge >= 0.3 is 0 Å². The van der Waals surface area contributed by atoms with Crippen LogP contribution >= 0.6 is 0 Å². The van der Waals surface area contributed by atoms with Crippen molar-refractivity contribution < 1.29 is 14.4 Å². The fourth-order valence-electron chi connectivity index (χ4n) is 5.70. The van der Waals surface area contributed by atoms with Gasteiger partial charge in [-0.05, 0) is 56.1 Å². The van der Waals surface area contributed by atoms with Crippen LogP contribution < -0.4 is 10.2 Å². The summed E-state index contributed by atoms with van der Waals surface area (Å²) >= 11 is 0. The second-order valence-electron chi connectivity index (χ2n) is 9.85. The lowest BCUT2D eigenvalue weighted by Gasteiger charge is -2.56. The van der Waals surface area contributed by atoms with Gasteiger partial charge in [0.1, 0.15) is 5.82 Å². The molecule has 0 saturated carbocycles. The molecule has 4 heterocycles. The molecule has 0 radical (unpaired) electrons. The number of hydrogen-bond donors (Lipinski definition) is 1. The van der Waals surface area contributed by atoms with Gasteiger partial charge in [-0.3, -0.25) is 14.4 Å². The highest BCUT2D eigenvalue weighted by atomic mass is 16.2. The Morgan fingerprint density at radius 1 is 1.26 bits per heavy atom. The van der Waals surface area contributed by atoms with E-state index >= 15 is 0 Å². The Morgan fingerprint density at radius 2 is 2.03 bits per heavy atom. The van der Waals surface area contributed by atoms with Gasteiger partial charge in [0, 0.05) is 50.3 Å². The molecule has 7 nitrogen and oxygen atoms in total. The van der Waals surface area contributed by atoms with E-state index in [1.54, 1.807) is 19.2 Å². The van der Waals surface area contributed by atoms with E-state index in [0.717, 1.165) is 38.2 Å². The van der Waals surface area contributed by atoms with E-state index in [-0.39, 0.29) is 35.6 Å². The first-order valence-corrected chi connectivity index (χ1v) is 11.6. The summed E-state index contributed by atoms with van der Waals surface area (Å²) in [4.78, 5) is 46.0. The lowest BCUT2D eigenvalue weighted by atomic mass is 9.72. The van der Waals surface area contributed by atoms with Crippen molar-refractivity contribution in [2.45, 2.75) is 65.0 Å². The number of pyridine rings is 1. The fourth-order valence-corrected chi connectivity index (χ4v) is 5.70. The molecule has 0 spiro atoms. The van der Waals surface area contributed by atoms with Gasteiger partial charge in [-0.2, -0.15) is 0 Å². The topological polar surface area (TPSA) is 82.6 Å². The number of fused-ring (bicyclic) bond motifs is 4. The van der Waals surface area contributed by atoms with Gasteiger partial charge in [-0.15, -0.1) is 0 Å². The molecule has 1 aromatic heterocycles. The Hall–Kier alpha value is -2.44. The van der Waals surface area contributed by atoms with Gasteiger partial charge in [0.2, 0.25) is 11.8 Å². The summed E-state index contributed by atoms with van der Waals surface area (Å²) in [5.74, 6) is 2.15. The number of carbonyl (C=O) groups excluding carboxylic acids is 3. The van der Waals surface area contributed by atoms with Crippen LogP contribution in [0.15, 0.2) is 18.3 Å². The Labute approximate surface area is 184 Å². The minimum absolute atomic E-state index is 0.0175. The van der Waals surface area contributed by atoms with Crippen molar-refractivity contribution >= 4 is 23.4 Å². The van der Waals surface area contributed by atoms with E-state index in [1.807, 2.05) is 19.9 Å². The van der Waals surface area contributed by atoms with Crippen LogP contribution in [0.5, 0.6) is 0 Å². The minimum atomic E-state index is 0.0175. The molecule has 168 valence electrons.